The van der Waals surface area contributed by atoms with Gasteiger partial charge in [0.15, 0.2) is 5.82 Å². The maximum absolute atomic E-state index is 5.41. The predicted molar refractivity (Wildman–Crippen MR) is 248 cm³/mol. The van der Waals surface area contributed by atoms with Crippen LogP contribution in [0.5, 0.6) is 0 Å². The lowest BCUT2D eigenvalue weighted by Crippen LogP contribution is -1.96. The zero-order chi connectivity index (χ0) is 39.1. The van der Waals surface area contributed by atoms with Crippen molar-refractivity contribution in [1.29, 1.82) is 0 Å². The Labute approximate surface area is 346 Å². The number of benzene rings is 8. The summed E-state index contributed by atoms with van der Waals surface area (Å²) in [6.45, 7) is 0. The van der Waals surface area contributed by atoms with E-state index in [1.807, 2.05) is 23.5 Å². The first-order valence-electron chi connectivity index (χ1n) is 19.8. The Bertz CT molecular complexity index is 3170. The highest BCUT2D eigenvalue weighted by molar-refractivity contribution is 7.26. The first kappa shape index (κ1) is 34.7. The highest BCUT2D eigenvalue weighted by Gasteiger charge is 2.19. The molecule has 0 saturated heterocycles. The molecule has 11 rings (SSSR count). The first-order valence-corrected chi connectivity index (χ1v) is 20.7. The second-order valence-electron chi connectivity index (χ2n) is 14.8. The monoisotopic (exact) mass is 769 g/mol. The third kappa shape index (κ3) is 6.46. The fraction of sp³-hybridized carbons (Fsp3) is 0. The van der Waals surface area contributed by atoms with Crippen molar-refractivity contribution in [2.75, 3.05) is 0 Å². The van der Waals surface area contributed by atoms with Crippen molar-refractivity contribution in [3.8, 4) is 78.5 Å². The van der Waals surface area contributed by atoms with Crippen molar-refractivity contribution in [3.05, 3.63) is 212 Å². The Kier molecular flexibility index (Phi) is 8.68. The van der Waals surface area contributed by atoms with Crippen molar-refractivity contribution < 1.29 is 0 Å². The Morgan fingerprint density at radius 3 is 1.39 bits per heavy atom. The van der Waals surface area contributed by atoms with Crippen LogP contribution in [0.4, 0.5) is 0 Å². The van der Waals surface area contributed by atoms with Crippen LogP contribution in [0.3, 0.4) is 0 Å². The van der Waals surface area contributed by atoms with E-state index in [2.05, 4.69) is 200 Å². The standard InChI is InChI=1S/C55H35N3S/c1-4-13-36(14-5-1)38-23-27-41(28-24-38)48-35-49(58-55(57-48)44-33-25-39(26-34-44)37-15-6-2-7-16-37)42-29-31-43(32-30-42)53-54-52(46-19-10-11-22-50(46)59-54)51-45(20-12-21-47(51)56-53)40-17-8-3-9-18-40/h1-35H. The van der Waals surface area contributed by atoms with Gasteiger partial charge in [-0.2, -0.15) is 0 Å². The van der Waals surface area contributed by atoms with Gasteiger partial charge in [-0.1, -0.05) is 194 Å². The Morgan fingerprint density at radius 1 is 0.322 bits per heavy atom. The highest BCUT2D eigenvalue weighted by atomic mass is 32.1. The van der Waals surface area contributed by atoms with Crippen LogP contribution in [0.25, 0.3) is 110 Å². The molecule has 0 atom stereocenters. The van der Waals surface area contributed by atoms with Crippen molar-refractivity contribution in [2.45, 2.75) is 0 Å². The van der Waals surface area contributed by atoms with Gasteiger partial charge in [0.1, 0.15) is 0 Å². The van der Waals surface area contributed by atoms with E-state index < -0.39 is 0 Å². The van der Waals surface area contributed by atoms with Gasteiger partial charge in [0.2, 0.25) is 0 Å². The molecule has 0 unspecified atom stereocenters. The van der Waals surface area contributed by atoms with Gasteiger partial charge in [0.25, 0.3) is 0 Å². The minimum absolute atomic E-state index is 0.686. The Hall–Kier alpha value is -7.53. The molecule has 0 bridgehead atoms. The molecule has 0 aliphatic carbocycles. The van der Waals surface area contributed by atoms with E-state index in [1.54, 1.807) is 0 Å². The third-order valence-corrected chi connectivity index (χ3v) is 12.3. The Balaban J connectivity index is 1.03. The van der Waals surface area contributed by atoms with Crippen LogP contribution in [0, 0.1) is 0 Å². The largest absolute Gasteiger partial charge is 0.246 e. The van der Waals surface area contributed by atoms with Crippen molar-refractivity contribution in [1.82, 2.24) is 15.0 Å². The zero-order valence-electron chi connectivity index (χ0n) is 32.0. The summed E-state index contributed by atoms with van der Waals surface area (Å²) in [6.07, 6.45) is 0. The number of nitrogens with zero attached hydrogens (tertiary/aromatic N) is 3. The van der Waals surface area contributed by atoms with E-state index in [0.29, 0.717) is 5.82 Å². The SMILES string of the molecule is c1ccc(-c2ccc(-c3cc(-c4ccc(-c5nc6cccc(-c7ccccc7)c6c6c5sc5ccccc56)cc4)nc(-c4ccc(-c5ccccc5)cc4)n3)cc2)cc1. The number of fused-ring (bicyclic) bond motifs is 5. The number of rotatable bonds is 7. The van der Waals surface area contributed by atoms with Gasteiger partial charge in [-0.15, -0.1) is 11.3 Å². The van der Waals surface area contributed by atoms with Crippen LogP contribution in [0.2, 0.25) is 0 Å². The molecule has 8 aromatic carbocycles. The smallest absolute Gasteiger partial charge is 0.160 e. The average Bonchev–Trinajstić information content (AvgIpc) is 3.72. The molecular formula is C55H35N3S. The van der Waals surface area contributed by atoms with E-state index in [0.717, 1.165) is 50.4 Å². The van der Waals surface area contributed by atoms with Gasteiger partial charge in [0.05, 0.1) is 27.3 Å². The van der Waals surface area contributed by atoms with Gasteiger partial charge < -0.3 is 0 Å². The van der Waals surface area contributed by atoms with E-state index in [1.165, 1.54) is 53.4 Å². The molecule has 4 heteroatoms. The van der Waals surface area contributed by atoms with Crippen LogP contribution in [0.1, 0.15) is 0 Å². The van der Waals surface area contributed by atoms with Crippen LogP contribution >= 0.6 is 11.3 Å². The summed E-state index contributed by atoms with van der Waals surface area (Å²) < 4.78 is 2.45. The van der Waals surface area contributed by atoms with E-state index >= 15 is 0 Å². The Morgan fingerprint density at radius 2 is 0.797 bits per heavy atom. The molecule has 0 saturated carbocycles. The minimum Gasteiger partial charge on any atom is -0.246 e. The van der Waals surface area contributed by atoms with Crippen molar-refractivity contribution in [2.24, 2.45) is 0 Å². The maximum Gasteiger partial charge on any atom is 0.160 e. The molecule has 0 aliphatic heterocycles. The maximum atomic E-state index is 5.41. The number of thiophene rings is 1. The second-order valence-corrected chi connectivity index (χ2v) is 15.8. The van der Waals surface area contributed by atoms with Gasteiger partial charge >= 0.3 is 0 Å². The lowest BCUT2D eigenvalue weighted by molar-refractivity contribution is 1.18. The van der Waals surface area contributed by atoms with E-state index in [-0.39, 0.29) is 0 Å². The number of aromatic nitrogens is 3. The summed E-state index contributed by atoms with van der Waals surface area (Å²) in [4.78, 5) is 15.8. The molecule has 0 spiro atoms. The van der Waals surface area contributed by atoms with Crippen molar-refractivity contribution in [3.63, 3.8) is 0 Å². The topological polar surface area (TPSA) is 38.7 Å². The third-order valence-electron chi connectivity index (χ3n) is 11.1. The fourth-order valence-electron chi connectivity index (χ4n) is 8.16. The first-order chi connectivity index (χ1) is 29.2. The van der Waals surface area contributed by atoms with Gasteiger partial charge in [-0.3, -0.25) is 0 Å². The molecule has 0 fully saturated rings. The highest BCUT2D eigenvalue weighted by Crippen LogP contribution is 2.45. The summed E-state index contributed by atoms with van der Waals surface area (Å²) in [6, 6.07) is 74.8. The van der Waals surface area contributed by atoms with Crippen LogP contribution in [-0.4, -0.2) is 15.0 Å². The van der Waals surface area contributed by atoms with Gasteiger partial charge in [-0.25, -0.2) is 15.0 Å². The molecule has 3 nitrogen and oxygen atoms in total. The fourth-order valence-corrected chi connectivity index (χ4v) is 9.38. The van der Waals surface area contributed by atoms with Crippen molar-refractivity contribution >= 4 is 42.4 Å². The second kappa shape index (κ2) is 14.8. The number of pyridine rings is 1. The van der Waals surface area contributed by atoms with Gasteiger partial charge in [-0.05, 0) is 51.6 Å². The summed E-state index contributed by atoms with van der Waals surface area (Å²) in [5.41, 5.74) is 14.9. The summed E-state index contributed by atoms with van der Waals surface area (Å²) >= 11 is 1.82. The molecule has 0 N–H and O–H groups in total. The van der Waals surface area contributed by atoms with Crippen LogP contribution in [-0.2, 0) is 0 Å². The molecule has 3 heterocycles. The number of hydrogen-bond acceptors (Lipinski definition) is 4. The van der Waals surface area contributed by atoms with E-state index in [4.69, 9.17) is 15.0 Å². The summed E-state index contributed by atoms with van der Waals surface area (Å²) in [7, 11) is 0. The van der Waals surface area contributed by atoms with Crippen LogP contribution in [0.15, 0.2) is 212 Å². The van der Waals surface area contributed by atoms with Crippen LogP contribution < -0.4 is 0 Å². The van der Waals surface area contributed by atoms with Gasteiger partial charge in [0, 0.05) is 43.1 Å². The molecule has 0 aliphatic rings. The lowest BCUT2D eigenvalue weighted by atomic mass is 9.95. The predicted octanol–water partition coefficient (Wildman–Crippen LogP) is 15.1. The van der Waals surface area contributed by atoms with E-state index in [9.17, 15) is 0 Å². The molecule has 11 aromatic rings. The normalized spacial score (nSPS) is 11.4. The quantitative estimate of drug-likeness (QED) is 0.162. The molecule has 0 amide bonds. The summed E-state index contributed by atoms with van der Waals surface area (Å²) in [5.74, 6) is 0.686. The zero-order valence-corrected chi connectivity index (χ0v) is 32.8. The molecule has 0 radical (unpaired) electrons. The summed E-state index contributed by atoms with van der Waals surface area (Å²) in [5, 5.41) is 3.72. The molecule has 276 valence electrons. The minimum atomic E-state index is 0.686. The molecule has 3 aromatic heterocycles. The average molecular weight is 770 g/mol. The number of hydrogen-bond donors (Lipinski definition) is 0. The molecular weight excluding hydrogens is 735 g/mol. The lowest BCUT2D eigenvalue weighted by Gasteiger charge is -2.13. The molecule has 59 heavy (non-hydrogen) atoms.